The van der Waals surface area contributed by atoms with E-state index in [9.17, 15) is 14.7 Å². The molecular formula is C15H28N2O3. The van der Waals surface area contributed by atoms with Gasteiger partial charge in [0, 0.05) is 19.5 Å². The van der Waals surface area contributed by atoms with E-state index in [-0.39, 0.29) is 11.9 Å². The van der Waals surface area contributed by atoms with Gasteiger partial charge in [-0.15, -0.1) is 0 Å². The van der Waals surface area contributed by atoms with Crippen LogP contribution >= 0.6 is 0 Å². The summed E-state index contributed by atoms with van der Waals surface area (Å²) in [4.78, 5) is 27.1. The molecule has 0 aromatic carbocycles. The van der Waals surface area contributed by atoms with Gasteiger partial charge >= 0.3 is 5.97 Å². The molecule has 5 nitrogen and oxygen atoms in total. The van der Waals surface area contributed by atoms with Crippen molar-refractivity contribution in [3.8, 4) is 0 Å². The number of aliphatic carboxylic acids is 1. The average molecular weight is 284 g/mol. The monoisotopic (exact) mass is 284 g/mol. The van der Waals surface area contributed by atoms with Gasteiger partial charge in [-0.1, -0.05) is 12.8 Å². The standard InChI is InChI=1S/C15H28N2O3/c1-3-16(4-2)14(18)10-8-12-17-11-7-5-6-9-13(17)15(19)20/h13H,3-12H2,1-2H3,(H,19,20). The van der Waals surface area contributed by atoms with Gasteiger partial charge < -0.3 is 10.0 Å². The molecule has 1 heterocycles. The van der Waals surface area contributed by atoms with Crippen molar-refractivity contribution >= 4 is 11.9 Å². The van der Waals surface area contributed by atoms with Crippen LogP contribution in [-0.4, -0.2) is 59.0 Å². The Morgan fingerprint density at radius 2 is 1.90 bits per heavy atom. The Morgan fingerprint density at radius 3 is 2.50 bits per heavy atom. The fraction of sp³-hybridized carbons (Fsp3) is 0.867. The van der Waals surface area contributed by atoms with Crippen molar-refractivity contribution in [1.29, 1.82) is 0 Å². The van der Waals surface area contributed by atoms with E-state index in [1.165, 1.54) is 0 Å². The smallest absolute Gasteiger partial charge is 0.320 e. The molecule has 0 aromatic heterocycles. The molecule has 20 heavy (non-hydrogen) atoms. The van der Waals surface area contributed by atoms with E-state index in [1.54, 1.807) is 0 Å². The Balaban J connectivity index is 2.41. The van der Waals surface area contributed by atoms with E-state index < -0.39 is 5.97 Å². The summed E-state index contributed by atoms with van der Waals surface area (Å²) < 4.78 is 0. The fourth-order valence-corrected chi connectivity index (χ4v) is 2.88. The summed E-state index contributed by atoms with van der Waals surface area (Å²) in [6, 6.07) is -0.360. The second-order valence-corrected chi connectivity index (χ2v) is 5.41. The van der Waals surface area contributed by atoms with E-state index in [2.05, 4.69) is 0 Å². The van der Waals surface area contributed by atoms with Crippen molar-refractivity contribution < 1.29 is 14.7 Å². The second kappa shape index (κ2) is 8.95. The number of hydrogen-bond donors (Lipinski definition) is 1. The molecular weight excluding hydrogens is 256 g/mol. The largest absolute Gasteiger partial charge is 0.480 e. The maximum atomic E-state index is 11.9. The number of carboxylic acid groups (broad SMARTS) is 1. The Morgan fingerprint density at radius 1 is 1.20 bits per heavy atom. The van der Waals surface area contributed by atoms with Crippen LogP contribution in [0.15, 0.2) is 0 Å². The minimum Gasteiger partial charge on any atom is -0.480 e. The summed E-state index contributed by atoms with van der Waals surface area (Å²) >= 11 is 0. The van der Waals surface area contributed by atoms with Crippen molar-refractivity contribution in [2.24, 2.45) is 0 Å². The van der Waals surface area contributed by atoms with Crippen molar-refractivity contribution in [3.05, 3.63) is 0 Å². The van der Waals surface area contributed by atoms with Gasteiger partial charge in [0.1, 0.15) is 6.04 Å². The third-order valence-corrected chi connectivity index (χ3v) is 4.10. The normalized spacial score (nSPS) is 20.4. The molecule has 1 atom stereocenters. The van der Waals surface area contributed by atoms with Gasteiger partial charge in [0.25, 0.3) is 0 Å². The minimum absolute atomic E-state index is 0.177. The zero-order valence-electron chi connectivity index (χ0n) is 12.8. The molecule has 0 aromatic rings. The zero-order chi connectivity index (χ0) is 15.0. The number of carboxylic acids is 1. The third kappa shape index (κ3) is 5.12. The predicted molar refractivity (Wildman–Crippen MR) is 78.6 cm³/mol. The lowest BCUT2D eigenvalue weighted by Gasteiger charge is -2.27. The van der Waals surface area contributed by atoms with Gasteiger partial charge in [-0.3, -0.25) is 14.5 Å². The highest BCUT2D eigenvalue weighted by atomic mass is 16.4. The van der Waals surface area contributed by atoms with Crippen LogP contribution in [0.3, 0.4) is 0 Å². The third-order valence-electron chi connectivity index (χ3n) is 4.10. The fourth-order valence-electron chi connectivity index (χ4n) is 2.88. The van der Waals surface area contributed by atoms with Crippen LogP contribution in [0.4, 0.5) is 0 Å². The molecule has 0 bridgehead atoms. The number of nitrogens with zero attached hydrogens (tertiary/aromatic N) is 2. The molecule has 1 amide bonds. The first kappa shape index (κ1) is 17.0. The van der Waals surface area contributed by atoms with Crippen molar-refractivity contribution in [2.45, 2.75) is 58.4 Å². The molecule has 1 N–H and O–H groups in total. The predicted octanol–water partition coefficient (Wildman–Crippen LogP) is 1.96. The van der Waals surface area contributed by atoms with Crippen LogP contribution in [0.5, 0.6) is 0 Å². The summed E-state index contributed by atoms with van der Waals surface area (Å²) in [5.74, 6) is -0.543. The zero-order valence-corrected chi connectivity index (χ0v) is 12.8. The van der Waals surface area contributed by atoms with E-state index in [1.807, 2.05) is 23.6 Å². The first-order valence-electron chi connectivity index (χ1n) is 7.84. The molecule has 0 saturated carbocycles. The van der Waals surface area contributed by atoms with E-state index in [0.717, 1.165) is 51.7 Å². The molecule has 1 rings (SSSR count). The first-order chi connectivity index (χ1) is 9.60. The Kier molecular flexibility index (Phi) is 7.59. The Hall–Kier alpha value is -1.10. The van der Waals surface area contributed by atoms with Crippen LogP contribution < -0.4 is 0 Å². The SMILES string of the molecule is CCN(CC)C(=O)CCCN1CCCCCC1C(=O)O. The van der Waals surface area contributed by atoms with Gasteiger partial charge in [-0.2, -0.15) is 0 Å². The highest BCUT2D eigenvalue weighted by Gasteiger charge is 2.26. The topological polar surface area (TPSA) is 60.9 Å². The van der Waals surface area contributed by atoms with Crippen LogP contribution in [0.25, 0.3) is 0 Å². The molecule has 1 fully saturated rings. The molecule has 0 spiro atoms. The van der Waals surface area contributed by atoms with Crippen LogP contribution in [-0.2, 0) is 9.59 Å². The van der Waals surface area contributed by atoms with Gasteiger partial charge in [0.05, 0.1) is 0 Å². The number of likely N-dealkylation sites (tertiary alicyclic amines) is 1. The maximum absolute atomic E-state index is 11.9. The summed E-state index contributed by atoms with van der Waals surface area (Å²) in [6.07, 6.45) is 5.17. The molecule has 1 saturated heterocycles. The number of rotatable bonds is 7. The van der Waals surface area contributed by atoms with Crippen LogP contribution in [0.1, 0.15) is 52.4 Å². The first-order valence-corrected chi connectivity index (χ1v) is 7.84. The Bertz CT molecular complexity index is 316. The molecule has 1 aliphatic rings. The highest BCUT2D eigenvalue weighted by molar-refractivity contribution is 5.76. The van der Waals surface area contributed by atoms with Crippen LogP contribution in [0.2, 0.25) is 0 Å². The Labute approximate surface area is 121 Å². The van der Waals surface area contributed by atoms with Crippen molar-refractivity contribution in [2.75, 3.05) is 26.2 Å². The highest BCUT2D eigenvalue weighted by Crippen LogP contribution is 2.17. The number of carbonyl (C=O) groups is 2. The summed E-state index contributed by atoms with van der Waals surface area (Å²) in [5.41, 5.74) is 0. The van der Waals surface area contributed by atoms with E-state index >= 15 is 0 Å². The molecule has 116 valence electrons. The molecule has 0 aliphatic carbocycles. The molecule has 0 radical (unpaired) electrons. The van der Waals surface area contributed by atoms with E-state index in [4.69, 9.17) is 0 Å². The van der Waals surface area contributed by atoms with Crippen molar-refractivity contribution in [3.63, 3.8) is 0 Å². The lowest BCUT2D eigenvalue weighted by molar-refractivity contribution is -0.143. The second-order valence-electron chi connectivity index (χ2n) is 5.41. The molecule has 1 aliphatic heterocycles. The quantitative estimate of drug-likeness (QED) is 0.776. The maximum Gasteiger partial charge on any atom is 0.320 e. The average Bonchev–Trinajstić information content (AvgIpc) is 2.65. The summed E-state index contributed by atoms with van der Waals surface area (Å²) in [7, 11) is 0. The molecule has 5 heteroatoms. The number of amides is 1. The number of hydrogen-bond acceptors (Lipinski definition) is 3. The lowest BCUT2D eigenvalue weighted by atomic mass is 10.1. The van der Waals surface area contributed by atoms with E-state index in [0.29, 0.717) is 13.0 Å². The van der Waals surface area contributed by atoms with Gasteiger partial charge in [0.2, 0.25) is 5.91 Å². The van der Waals surface area contributed by atoms with Crippen LogP contribution in [0, 0.1) is 0 Å². The van der Waals surface area contributed by atoms with Crippen molar-refractivity contribution in [1.82, 2.24) is 9.80 Å². The van der Waals surface area contributed by atoms with Gasteiger partial charge in [0.15, 0.2) is 0 Å². The van der Waals surface area contributed by atoms with Gasteiger partial charge in [-0.25, -0.2) is 0 Å². The minimum atomic E-state index is -0.720. The van der Waals surface area contributed by atoms with Gasteiger partial charge in [-0.05, 0) is 46.2 Å². The lowest BCUT2D eigenvalue weighted by Crippen LogP contribution is -2.41. The number of carbonyl (C=O) groups excluding carboxylic acids is 1. The summed E-state index contributed by atoms with van der Waals surface area (Å²) in [5, 5.41) is 9.29. The summed E-state index contributed by atoms with van der Waals surface area (Å²) in [6.45, 7) is 7.02. The molecule has 1 unspecified atom stereocenters.